The molecule has 2 N–H and O–H groups in total. The Kier molecular flexibility index (Phi) is 7.52. The molecule has 1 saturated carbocycles. The zero-order valence-corrected chi connectivity index (χ0v) is 14.1. The van der Waals surface area contributed by atoms with E-state index in [-0.39, 0.29) is 12.3 Å². The van der Waals surface area contributed by atoms with E-state index in [4.69, 9.17) is 9.63 Å². The summed E-state index contributed by atoms with van der Waals surface area (Å²) in [6.07, 6.45) is 9.82. The van der Waals surface area contributed by atoms with Gasteiger partial charge in [-0.25, -0.2) is 0 Å². The van der Waals surface area contributed by atoms with Crippen molar-refractivity contribution >= 4 is 5.97 Å². The second kappa shape index (κ2) is 9.65. The van der Waals surface area contributed by atoms with Gasteiger partial charge in [-0.15, -0.1) is 0 Å². The van der Waals surface area contributed by atoms with Gasteiger partial charge in [0.2, 0.25) is 5.89 Å². The molecule has 130 valence electrons. The van der Waals surface area contributed by atoms with Gasteiger partial charge < -0.3 is 14.9 Å². The molecule has 6 heteroatoms. The molecule has 0 amide bonds. The van der Waals surface area contributed by atoms with Gasteiger partial charge >= 0.3 is 5.97 Å². The van der Waals surface area contributed by atoms with E-state index in [0.717, 1.165) is 25.3 Å². The third-order valence-electron chi connectivity index (χ3n) is 4.68. The molecule has 6 nitrogen and oxygen atoms in total. The van der Waals surface area contributed by atoms with E-state index < -0.39 is 5.97 Å². The van der Waals surface area contributed by atoms with Crippen LogP contribution < -0.4 is 5.32 Å². The van der Waals surface area contributed by atoms with Crippen molar-refractivity contribution in [1.29, 1.82) is 0 Å². The van der Waals surface area contributed by atoms with Crippen LogP contribution in [0.25, 0.3) is 0 Å². The molecule has 2 rings (SSSR count). The molecule has 0 saturated heterocycles. The molecule has 1 aliphatic carbocycles. The summed E-state index contributed by atoms with van der Waals surface area (Å²) in [5, 5.41) is 16.2. The van der Waals surface area contributed by atoms with E-state index >= 15 is 0 Å². The monoisotopic (exact) mass is 323 g/mol. The van der Waals surface area contributed by atoms with Gasteiger partial charge in [0.05, 0.1) is 13.0 Å². The molecule has 1 aromatic rings. The molecule has 0 aliphatic heterocycles. The lowest BCUT2D eigenvalue weighted by atomic mass is 9.84. The quantitative estimate of drug-likeness (QED) is 0.685. The molecule has 1 fully saturated rings. The van der Waals surface area contributed by atoms with Crippen molar-refractivity contribution in [3.05, 3.63) is 11.7 Å². The molecule has 1 unspecified atom stereocenters. The van der Waals surface area contributed by atoms with Crippen LogP contribution in [0.1, 0.15) is 82.3 Å². The van der Waals surface area contributed by atoms with E-state index in [1.165, 1.54) is 38.5 Å². The number of carboxylic acids is 1. The second-order valence-electron chi connectivity index (χ2n) is 6.56. The van der Waals surface area contributed by atoms with Crippen LogP contribution in [-0.4, -0.2) is 27.8 Å². The maximum Gasteiger partial charge on any atom is 0.304 e. The Labute approximate surface area is 138 Å². The lowest BCUT2D eigenvalue weighted by molar-refractivity contribution is -0.137. The van der Waals surface area contributed by atoms with E-state index in [1.54, 1.807) is 0 Å². The highest BCUT2D eigenvalue weighted by atomic mass is 16.5. The first-order chi connectivity index (χ1) is 11.2. The third-order valence-corrected chi connectivity index (χ3v) is 4.68. The van der Waals surface area contributed by atoms with Crippen molar-refractivity contribution in [2.75, 3.05) is 6.54 Å². The highest BCUT2D eigenvalue weighted by Gasteiger charge is 2.23. The number of hydrogen-bond donors (Lipinski definition) is 2. The van der Waals surface area contributed by atoms with Crippen LogP contribution in [0.4, 0.5) is 0 Å². The molecular formula is C17H29N3O3. The number of aliphatic carboxylic acids is 1. The molecule has 23 heavy (non-hydrogen) atoms. The van der Waals surface area contributed by atoms with Gasteiger partial charge in [-0.3, -0.25) is 4.79 Å². The number of aromatic nitrogens is 2. The summed E-state index contributed by atoms with van der Waals surface area (Å²) in [5.41, 5.74) is 0. The van der Waals surface area contributed by atoms with Gasteiger partial charge in [-0.05, 0) is 18.9 Å². The fraction of sp³-hybridized carbons (Fsp3) is 0.824. The topological polar surface area (TPSA) is 88.2 Å². The van der Waals surface area contributed by atoms with Crippen molar-refractivity contribution in [1.82, 2.24) is 15.5 Å². The Morgan fingerprint density at radius 3 is 2.87 bits per heavy atom. The molecule has 1 aliphatic rings. The Balaban J connectivity index is 1.85. The smallest absolute Gasteiger partial charge is 0.304 e. The van der Waals surface area contributed by atoms with Crippen LogP contribution in [0.3, 0.4) is 0 Å². The highest BCUT2D eigenvalue weighted by Crippen LogP contribution is 2.31. The Hall–Kier alpha value is -1.43. The normalized spacial score (nSPS) is 17.3. The lowest BCUT2D eigenvalue weighted by Crippen LogP contribution is -2.13. The Morgan fingerprint density at radius 2 is 2.17 bits per heavy atom. The zero-order valence-electron chi connectivity index (χ0n) is 14.1. The molecule has 1 atom stereocenters. The first-order valence-electron chi connectivity index (χ1n) is 8.94. The van der Waals surface area contributed by atoms with Crippen LogP contribution in [0.2, 0.25) is 0 Å². The third kappa shape index (κ3) is 6.29. The van der Waals surface area contributed by atoms with Crippen molar-refractivity contribution in [3.63, 3.8) is 0 Å². The zero-order chi connectivity index (χ0) is 16.5. The van der Waals surface area contributed by atoms with Crippen molar-refractivity contribution in [2.24, 2.45) is 5.92 Å². The van der Waals surface area contributed by atoms with E-state index in [2.05, 4.69) is 15.5 Å². The average molecular weight is 323 g/mol. The Morgan fingerprint density at radius 1 is 1.39 bits per heavy atom. The summed E-state index contributed by atoms with van der Waals surface area (Å²) < 4.78 is 5.30. The molecule has 0 radical (unpaired) electrons. The standard InChI is InChI=1S/C17H29N3O3/c1-2-18-12-15-19-17(23-20-15)14(11-16(21)22)10-6-9-13-7-4-3-5-8-13/h13-14,18H,2-12H2,1H3,(H,21,22). The largest absolute Gasteiger partial charge is 0.481 e. The maximum absolute atomic E-state index is 11.1. The van der Waals surface area contributed by atoms with Crippen LogP contribution in [0.5, 0.6) is 0 Å². The lowest BCUT2D eigenvalue weighted by Gasteiger charge is -2.21. The Bertz CT molecular complexity index is 469. The van der Waals surface area contributed by atoms with Crippen LogP contribution >= 0.6 is 0 Å². The van der Waals surface area contributed by atoms with Gasteiger partial charge in [0.15, 0.2) is 5.82 Å². The summed E-state index contributed by atoms with van der Waals surface area (Å²) in [5.74, 6) is 0.924. The van der Waals surface area contributed by atoms with Gasteiger partial charge in [0, 0.05) is 5.92 Å². The second-order valence-corrected chi connectivity index (χ2v) is 6.56. The first kappa shape index (κ1) is 17.9. The first-order valence-corrected chi connectivity index (χ1v) is 8.94. The minimum Gasteiger partial charge on any atom is -0.481 e. The minimum atomic E-state index is -0.806. The summed E-state index contributed by atoms with van der Waals surface area (Å²) in [7, 11) is 0. The van der Waals surface area contributed by atoms with E-state index in [1.807, 2.05) is 6.92 Å². The molecule has 1 aromatic heterocycles. The summed E-state index contributed by atoms with van der Waals surface area (Å²) in [4.78, 5) is 15.5. The molecular weight excluding hydrogens is 294 g/mol. The van der Waals surface area contributed by atoms with E-state index in [0.29, 0.717) is 18.3 Å². The van der Waals surface area contributed by atoms with Gasteiger partial charge in [-0.1, -0.05) is 57.0 Å². The van der Waals surface area contributed by atoms with Crippen LogP contribution in [0, 0.1) is 5.92 Å². The number of carboxylic acid groups (broad SMARTS) is 1. The predicted octanol–water partition coefficient (Wildman–Crippen LogP) is 3.49. The predicted molar refractivity (Wildman–Crippen MR) is 87.1 cm³/mol. The van der Waals surface area contributed by atoms with Gasteiger partial charge in [0.1, 0.15) is 0 Å². The van der Waals surface area contributed by atoms with Gasteiger partial charge in [-0.2, -0.15) is 4.98 Å². The highest BCUT2D eigenvalue weighted by molar-refractivity contribution is 5.67. The summed E-state index contributed by atoms with van der Waals surface area (Å²) >= 11 is 0. The fourth-order valence-corrected chi connectivity index (χ4v) is 3.39. The molecule has 0 aromatic carbocycles. The molecule has 0 bridgehead atoms. The van der Waals surface area contributed by atoms with Crippen molar-refractivity contribution in [2.45, 2.75) is 77.2 Å². The summed E-state index contributed by atoms with van der Waals surface area (Å²) in [6, 6.07) is 0. The number of nitrogens with one attached hydrogen (secondary N) is 1. The summed E-state index contributed by atoms with van der Waals surface area (Å²) in [6.45, 7) is 3.41. The fourth-order valence-electron chi connectivity index (χ4n) is 3.39. The maximum atomic E-state index is 11.1. The molecule has 1 heterocycles. The van der Waals surface area contributed by atoms with Gasteiger partial charge in [0.25, 0.3) is 0 Å². The average Bonchev–Trinajstić information content (AvgIpc) is 3.01. The molecule has 0 spiro atoms. The number of hydrogen-bond acceptors (Lipinski definition) is 5. The van der Waals surface area contributed by atoms with Crippen molar-refractivity contribution < 1.29 is 14.4 Å². The number of carbonyl (C=O) groups is 1. The number of nitrogens with zero attached hydrogens (tertiary/aromatic N) is 2. The SMILES string of the molecule is CCNCc1noc(C(CCCC2CCCCC2)CC(=O)O)n1. The van der Waals surface area contributed by atoms with Crippen LogP contribution in [-0.2, 0) is 11.3 Å². The minimum absolute atomic E-state index is 0.0630. The van der Waals surface area contributed by atoms with Crippen LogP contribution in [0.15, 0.2) is 4.52 Å². The van der Waals surface area contributed by atoms with E-state index in [9.17, 15) is 4.79 Å². The van der Waals surface area contributed by atoms with Crippen molar-refractivity contribution in [3.8, 4) is 0 Å². The number of rotatable bonds is 10.